The molecule has 0 unspecified atom stereocenters. The summed E-state index contributed by atoms with van der Waals surface area (Å²) in [6.45, 7) is 6.99. The molecule has 4 nitrogen and oxygen atoms in total. The minimum atomic E-state index is -0.0563. The Morgan fingerprint density at radius 1 is 0.957 bits per heavy atom. The Morgan fingerprint density at radius 3 is 2.22 bits per heavy atom. The average molecular weight is 313 g/mol. The molecule has 2 aromatic rings. The van der Waals surface area contributed by atoms with Crippen molar-refractivity contribution in [2.24, 2.45) is 0 Å². The Bertz CT molecular complexity index is 650. The molecule has 0 aliphatic carbocycles. The van der Waals surface area contributed by atoms with Gasteiger partial charge in [-0.1, -0.05) is 6.07 Å². The van der Waals surface area contributed by atoms with Crippen LogP contribution in [0.2, 0.25) is 0 Å². The first-order valence-electron chi connectivity index (χ1n) is 7.81. The highest BCUT2D eigenvalue weighted by molar-refractivity contribution is 5.90. The van der Waals surface area contributed by atoms with E-state index in [4.69, 9.17) is 9.47 Å². The maximum Gasteiger partial charge on any atom is 0.227 e. The number of anilines is 1. The molecule has 2 rings (SSSR count). The molecule has 23 heavy (non-hydrogen) atoms. The molecule has 4 heteroatoms. The van der Waals surface area contributed by atoms with E-state index in [0.717, 1.165) is 22.7 Å². The molecule has 0 fully saturated rings. The lowest BCUT2D eigenvalue weighted by molar-refractivity contribution is -0.116. The van der Waals surface area contributed by atoms with Crippen LogP contribution in [0.15, 0.2) is 42.5 Å². The average Bonchev–Trinajstić information content (AvgIpc) is 2.53. The molecule has 0 spiro atoms. The van der Waals surface area contributed by atoms with Crippen LogP contribution in [0, 0.1) is 13.8 Å². The molecular formula is C19H23NO3. The minimum Gasteiger partial charge on any atom is -0.494 e. The number of nitrogens with one attached hydrogen (secondary N) is 1. The van der Waals surface area contributed by atoms with Gasteiger partial charge < -0.3 is 14.8 Å². The lowest BCUT2D eigenvalue weighted by Crippen LogP contribution is -2.15. The van der Waals surface area contributed by atoms with E-state index < -0.39 is 0 Å². The van der Waals surface area contributed by atoms with E-state index in [9.17, 15) is 4.79 Å². The summed E-state index contributed by atoms with van der Waals surface area (Å²) < 4.78 is 10.9. The van der Waals surface area contributed by atoms with Crippen molar-refractivity contribution < 1.29 is 14.3 Å². The van der Waals surface area contributed by atoms with Crippen molar-refractivity contribution in [2.45, 2.75) is 27.2 Å². The maximum absolute atomic E-state index is 11.9. The zero-order valence-electron chi connectivity index (χ0n) is 13.9. The van der Waals surface area contributed by atoms with Crippen LogP contribution >= 0.6 is 0 Å². The van der Waals surface area contributed by atoms with Crippen LogP contribution in [-0.2, 0) is 4.79 Å². The molecule has 0 saturated carbocycles. The van der Waals surface area contributed by atoms with Crippen molar-refractivity contribution in [3.05, 3.63) is 53.6 Å². The highest BCUT2D eigenvalue weighted by Crippen LogP contribution is 2.18. The molecule has 0 aliphatic rings. The molecule has 0 bridgehead atoms. The zero-order chi connectivity index (χ0) is 16.7. The lowest BCUT2D eigenvalue weighted by Gasteiger charge is -2.09. The van der Waals surface area contributed by atoms with Crippen LogP contribution in [0.1, 0.15) is 24.5 Å². The second kappa shape index (κ2) is 8.22. The first-order chi connectivity index (χ1) is 11.1. The summed E-state index contributed by atoms with van der Waals surface area (Å²) in [5, 5.41) is 2.88. The Hall–Kier alpha value is -2.49. The van der Waals surface area contributed by atoms with Crippen LogP contribution in [0.25, 0.3) is 0 Å². The van der Waals surface area contributed by atoms with Gasteiger partial charge in [-0.2, -0.15) is 0 Å². The largest absolute Gasteiger partial charge is 0.494 e. The number of hydrogen-bond acceptors (Lipinski definition) is 3. The van der Waals surface area contributed by atoms with Gasteiger partial charge in [-0.25, -0.2) is 0 Å². The van der Waals surface area contributed by atoms with E-state index in [1.54, 1.807) is 0 Å². The molecular weight excluding hydrogens is 290 g/mol. The second-order valence-electron chi connectivity index (χ2n) is 5.35. The molecule has 0 atom stereocenters. The van der Waals surface area contributed by atoms with Crippen LogP contribution in [-0.4, -0.2) is 19.1 Å². The van der Waals surface area contributed by atoms with Gasteiger partial charge in [0.2, 0.25) is 5.91 Å². The van der Waals surface area contributed by atoms with Gasteiger partial charge in [0.15, 0.2) is 0 Å². The van der Waals surface area contributed by atoms with Crippen molar-refractivity contribution in [3.63, 3.8) is 0 Å². The number of ether oxygens (including phenoxy) is 2. The maximum atomic E-state index is 11.9. The number of amides is 1. The molecule has 0 heterocycles. The van der Waals surface area contributed by atoms with Gasteiger partial charge in [-0.3, -0.25) is 4.79 Å². The Kier molecular flexibility index (Phi) is 6.03. The third-order valence-corrected chi connectivity index (χ3v) is 3.52. The molecule has 0 aliphatic heterocycles. The fourth-order valence-corrected chi connectivity index (χ4v) is 2.10. The van der Waals surface area contributed by atoms with E-state index >= 15 is 0 Å². The topological polar surface area (TPSA) is 47.6 Å². The van der Waals surface area contributed by atoms with Gasteiger partial charge in [0, 0.05) is 5.69 Å². The van der Waals surface area contributed by atoms with Gasteiger partial charge in [-0.05, 0) is 68.3 Å². The SMILES string of the molecule is CCOc1ccc(OCCC(=O)Nc2ccc(C)c(C)c2)cc1. The van der Waals surface area contributed by atoms with E-state index in [1.807, 2.05) is 63.2 Å². The summed E-state index contributed by atoms with van der Waals surface area (Å²) >= 11 is 0. The summed E-state index contributed by atoms with van der Waals surface area (Å²) in [5.41, 5.74) is 3.19. The molecule has 2 aromatic carbocycles. The van der Waals surface area contributed by atoms with Crippen molar-refractivity contribution in [2.75, 3.05) is 18.5 Å². The van der Waals surface area contributed by atoms with Crippen molar-refractivity contribution >= 4 is 11.6 Å². The molecule has 0 radical (unpaired) electrons. The molecule has 0 saturated heterocycles. The van der Waals surface area contributed by atoms with Crippen LogP contribution in [0.4, 0.5) is 5.69 Å². The fraction of sp³-hybridized carbons (Fsp3) is 0.316. The predicted octanol–water partition coefficient (Wildman–Crippen LogP) is 4.11. The molecule has 1 amide bonds. The normalized spacial score (nSPS) is 10.2. The monoisotopic (exact) mass is 313 g/mol. The highest BCUT2D eigenvalue weighted by atomic mass is 16.5. The van der Waals surface area contributed by atoms with Crippen molar-refractivity contribution in [3.8, 4) is 11.5 Å². The second-order valence-corrected chi connectivity index (χ2v) is 5.35. The van der Waals surface area contributed by atoms with Gasteiger partial charge >= 0.3 is 0 Å². The minimum absolute atomic E-state index is 0.0563. The smallest absolute Gasteiger partial charge is 0.227 e. The molecule has 122 valence electrons. The first kappa shape index (κ1) is 16.9. The van der Waals surface area contributed by atoms with E-state index in [-0.39, 0.29) is 5.91 Å². The Morgan fingerprint density at radius 2 is 1.61 bits per heavy atom. The van der Waals surface area contributed by atoms with E-state index in [1.165, 1.54) is 5.56 Å². The Labute approximate surface area is 137 Å². The zero-order valence-corrected chi connectivity index (χ0v) is 13.9. The lowest BCUT2D eigenvalue weighted by atomic mass is 10.1. The van der Waals surface area contributed by atoms with Gasteiger partial charge in [0.25, 0.3) is 0 Å². The van der Waals surface area contributed by atoms with Crippen LogP contribution in [0.3, 0.4) is 0 Å². The van der Waals surface area contributed by atoms with Gasteiger partial charge in [0.1, 0.15) is 11.5 Å². The number of hydrogen-bond donors (Lipinski definition) is 1. The van der Waals surface area contributed by atoms with Gasteiger partial charge in [-0.15, -0.1) is 0 Å². The number of carbonyl (C=O) groups excluding carboxylic acids is 1. The van der Waals surface area contributed by atoms with Crippen LogP contribution < -0.4 is 14.8 Å². The molecule has 1 N–H and O–H groups in total. The van der Waals surface area contributed by atoms with Crippen molar-refractivity contribution in [1.82, 2.24) is 0 Å². The predicted molar refractivity (Wildman–Crippen MR) is 92.3 cm³/mol. The summed E-state index contributed by atoms with van der Waals surface area (Å²) in [5.74, 6) is 1.49. The fourth-order valence-electron chi connectivity index (χ4n) is 2.10. The quantitative estimate of drug-likeness (QED) is 0.837. The standard InChI is InChI=1S/C19H23NO3/c1-4-22-17-7-9-18(10-8-17)23-12-11-19(21)20-16-6-5-14(2)15(3)13-16/h5-10,13H,4,11-12H2,1-3H3,(H,20,21). The third kappa shape index (κ3) is 5.33. The highest BCUT2D eigenvalue weighted by Gasteiger charge is 2.04. The summed E-state index contributed by atoms with van der Waals surface area (Å²) in [6, 6.07) is 13.3. The third-order valence-electron chi connectivity index (χ3n) is 3.52. The first-order valence-corrected chi connectivity index (χ1v) is 7.81. The molecule has 0 aromatic heterocycles. The summed E-state index contributed by atoms with van der Waals surface area (Å²) in [7, 11) is 0. The number of carbonyl (C=O) groups is 1. The Balaban J connectivity index is 1.76. The number of aryl methyl sites for hydroxylation is 2. The summed E-state index contributed by atoms with van der Waals surface area (Å²) in [6.07, 6.45) is 0.306. The van der Waals surface area contributed by atoms with Crippen LogP contribution in [0.5, 0.6) is 11.5 Å². The number of rotatable bonds is 7. The van der Waals surface area contributed by atoms with E-state index in [2.05, 4.69) is 5.32 Å². The summed E-state index contributed by atoms with van der Waals surface area (Å²) in [4.78, 5) is 11.9. The van der Waals surface area contributed by atoms with Gasteiger partial charge in [0.05, 0.1) is 19.6 Å². The van der Waals surface area contributed by atoms with Crippen molar-refractivity contribution in [1.29, 1.82) is 0 Å². The van der Waals surface area contributed by atoms with E-state index in [0.29, 0.717) is 19.6 Å². The number of benzene rings is 2.